The monoisotopic (exact) mass is 264 g/mol. The quantitative estimate of drug-likeness (QED) is 0.758. The number of halogens is 1. The largest absolute Gasteiger partial charge is 0.385 e. The Bertz CT molecular complexity index is 377. The van der Waals surface area contributed by atoms with E-state index in [9.17, 15) is 9.50 Å². The summed E-state index contributed by atoms with van der Waals surface area (Å²) in [5.41, 5.74) is 0.149. The van der Waals surface area contributed by atoms with E-state index in [-0.39, 0.29) is 5.82 Å². The highest BCUT2D eigenvalue weighted by Crippen LogP contribution is 2.40. The number of hydrogen-bond donors (Lipinski definition) is 1. The second-order valence-corrected chi connectivity index (χ2v) is 5.98. The molecular formula is C17H25FO. The fourth-order valence-corrected chi connectivity index (χ4v) is 3.18. The zero-order valence-corrected chi connectivity index (χ0v) is 11.9. The van der Waals surface area contributed by atoms with Crippen molar-refractivity contribution in [2.24, 2.45) is 5.92 Å². The van der Waals surface area contributed by atoms with E-state index in [1.165, 1.54) is 37.8 Å². The highest BCUT2D eigenvalue weighted by atomic mass is 19.1. The second-order valence-electron chi connectivity index (χ2n) is 5.98. The Morgan fingerprint density at radius 2 is 1.79 bits per heavy atom. The van der Waals surface area contributed by atoms with Gasteiger partial charge in [0, 0.05) is 0 Å². The van der Waals surface area contributed by atoms with Gasteiger partial charge in [-0.2, -0.15) is 0 Å². The van der Waals surface area contributed by atoms with Crippen molar-refractivity contribution in [3.63, 3.8) is 0 Å². The molecule has 0 spiro atoms. The van der Waals surface area contributed by atoms with Crippen LogP contribution in [0.2, 0.25) is 0 Å². The molecule has 0 aliphatic heterocycles. The maximum Gasteiger partial charge on any atom is 0.123 e. The number of benzene rings is 1. The van der Waals surface area contributed by atoms with Crippen molar-refractivity contribution in [2.45, 2.75) is 63.9 Å². The Morgan fingerprint density at radius 3 is 2.37 bits per heavy atom. The normalized spacial score (nSPS) is 27.4. The van der Waals surface area contributed by atoms with Crippen LogP contribution in [0.1, 0.15) is 63.9 Å². The van der Waals surface area contributed by atoms with Crippen molar-refractivity contribution in [1.29, 1.82) is 0 Å². The van der Waals surface area contributed by atoms with Crippen molar-refractivity contribution in [3.8, 4) is 0 Å². The standard InChI is InChI=1S/C17H25FO/c1-2-3-4-5-14-10-12-17(19,13-11-14)15-6-8-16(18)9-7-15/h6-9,14,19H,2-5,10-13H2,1H3. The van der Waals surface area contributed by atoms with Gasteiger partial charge in [0.1, 0.15) is 5.82 Å². The van der Waals surface area contributed by atoms with Gasteiger partial charge in [-0.15, -0.1) is 0 Å². The van der Waals surface area contributed by atoms with Gasteiger partial charge in [-0.3, -0.25) is 0 Å². The van der Waals surface area contributed by atoms with E-state index in [0.717, 1.165) is 37.2 Å². The molecule has 0 heterocycles. The van der Waals surface area contributed by atoms with Crippen LogP contribution < -0.4 is 0 Å². The van der Waals surface area contributed by atoms with Crippen molar-refractivity contribution in [3.05, 3.63) is 35.6 Å². The third kappa shape index (κ3) is 3.79. The summed E-state index contributed by atoms with van der Waals surface area (Å²) in [7, 11) is 0. The predicted octanol–water partition coefficient (Wildman–Crippen LogP) is 4.78. The molecule has 106 valence electrons. The first-order valence-electron chi connectivity index (χ1n) is 7.62. The maximum atomic E-state index is 12.9. The molecule has 1 aromatic rings. The molecule has 1 nitrogen and oxygen atoms in total. The number of unbranched alkanes of at least 4 members (excludes halogenated alkanes) is 2. The molecule has 0 saturated heterocycles. The van der Waals surface area contributed by atoms with E-state index in [1.807, 2.05) is 0 Å². The molecule has 1 aromatic carbocycles. The molecule has 0 radical (unpaired) electrons. The minimum atomic E-state index is -0.727. The molecule has 0 unspecified atom stereocenters. The Hall–Kier alpha value is -0.890. The van der Waals surface area contributed by atoms with Crippen LogP contribution in [0.4, 0.5) is 4.39 Å². The Balaban J connectivity index is 1.89. The summed E-state index contributed by atoms with van der Waals surface area (Å²) in [6.07, 6.45) is 9.02. The highest BCUT2D eigenvalue weighted by Gasteiger charge is 2.34. The molecular weight excluding hydrogens is 239 g/mol. The maximum absolute atomic E-state index is 12.9. The van der Waals surface area contributed by atoms with E-state index in [2.05, 4.69) is 6.92 Å². The molecule has 1 N–H and O–H groups in total. The topological polar surface area (TPSA) is 20.2 Å². The molecule has 1 aliphatic rings. The van der Waals surface area contributed by atoms with Crippen LogP contribution in [0, 0.1) is 11.7 Å². The molecule has 2 rings (SSSR count). The van der Waals surface area contributed by atoms with E-state index < -0.39 is 5.60 Å². The first kappa shape index (κ1) is 14.5. The summed E-state index contributed by atoms with van der Waals surface area (Å²) in [6, 6.07) is 6.35. The van der Waals surface area contributed by atoms with Gasteiger partial charge in [-0.1, -0.05) is 44.7 Å². The lowest BCUT2D eigenvalue weighted by molar-refractivity contribution is -0.0154. The van der Waals surface area contributed by atoms with Gasteiger partial charge < -0.3 is 5.11 Å². The van der Waals surface area contributed by atoms with Crippen LogP contribution in [0.3, 0.4) is 0 Å². The summed E-state index contributed by atoms with van der Waals surface area (Å²) in [5, 5.41) is 10.7. The highest BCUT2D eigenvalue weighted by molar-refractivity contribution is 5.23. The lowest BCUT2D eigenvalue weighted by atomic mass is 9.74. The van der Waals surface area contributed by atoms with Gasteiger partial charge in [-0.05, 0) is 49.3 Å². The van der Waals surface area contributed by atoms with E-state index >= 15 is 0 Å². The van der Waals surface area contributed by atoms with Crippen molar-refractivity contribution in [1.82, 2.24) is 0 Å². The van der Waals surface area contributed by atoms with Crippen LogP contribution in [0.25, 0.3) is 0 Å². The molecule has 2 heteroatoms. The smallest absolute Gasteiger partial charge is 0.123 e. The minimum Gasteiger partial charge on any atom is -0.385 e. The zero-order chi connectivity index (χ0) is 13.7. The average molecular weight is 264 g/mol. The predicted molar refractivity (Wildman–Crippen MR) is 76.4 cm³/mol. The van der Waals surface area contributed by atoms with Crippen LogP contribution >= 0.6 is 0 Å². The summed E-state index contributed by atoms with van der Waals surface area (Å²) >= 11 is 0. The number of hydrogen-bond acceptors (Lipinski definition) is 1. The number of rotatable bonds is 5. The molecule has 19 heavy (non-hydrogen) atoms. The van der Waals surface area contributed by atoms with Gasteiger partial charge in [0.05, 0.1) is 5.60 Å². The van der Waals surface area contributed by atoms with Crippen LogP contribution in [-0.4, -0.2) is 5.11 Å². The first-order chi connectivity index (χ1) is 9.14. The molecule has 0 amide bonds. The minimum absolute atomic E-state index is 0.236. The average Bonchev–Trinajstić information content (AvgIpc) is 2.42. The van der Waals surface area contributed by atoms with Crippen LogP contribution in [-0.2, 0) is 5.60 Å². The van der Waals surface area contributed by atoms with Crippen molar-refractivity contribution < 1.29 is 9.50 Å². The second kappa shape index (κ2) is 6.51. The molecule has 0 bridgehead atoms. The van der Waals surface area contributed by atoms with Gasteiger partial charge in [0.15, 0.2) is 0 Å². The zero-order valence-electron chi connectivity index (χ0n) is 11.9. The lowest BCUT2D eigenvalue weighted by Gasteiger charge is -2.36. The van der Waals surface area contributed by atoms with Crippen molar-refractivity contribution >= 4 is 0 Å². The van der Waals surface area contributed by atoms with Gasteiger partial charge in [-0.25, -0.2) is 4.39 Å². The van der Waals surface area contributed by atoms with E-state index in [0.29, 0.717) is 0 Å². The number of aliphatic hydroxyl groups is 1. The Kier molecular flexibility index (Phi) is 4.98. The van der Waals surface area contributed by atoms with Gasteiger partial charge in [0.25, 0.3) is 0 Å². The summed E-state index contributed by atoms with van der Waals surface area (Å²) in [4.78, 5) is 0. The fourth-order valence-electron chi connectivity index (χ4n) is 3.18. The molecule has 0 aromatic heterocycles. The first-order valence-corrected chi connectivity index (χ1v) is 7.62. The molecule has 1 fully saturated rings. The van der Waals surface area contributed by atoms with Crippen LogP contribution in [0.15, 0.2) is 24.3 Å². The Labute approximate surface area is 115 Å². The van der Waals surface area contributed by atoms with Gasteiger partial charge >= 0.3 is 0 Å². The molecule has 1 aliphatic carbocycles. The molecule has 1 saturated carbocycles. The summed E-state index contributed by atoms with van der Waals surface area (Å²) in [6.45, 7) is 2.23. The van der Waals surface area contributed by atoms with Crippen molar-refractivity contribution in [2.75, 3.05) is 0 Å². The Morgan fingerprint density at radius 1 is 1.16 bits per heavy atom. The summed E-state index contributed by atoms with van der Waals surface area (Å²) in [5.74, 6) is 0.535. The van der Waals surface area contributed by atoms with Crippen LogP contribution in [0.5, 0.6) is 0 Å². The van der Waals surface area contributed by atoms with Gasteiger partial charge in [0.2, 0.25) is 0 Å². The molecule has 0 atom stereocenters. The fraction of sp³-hybridized carbons (Fsp3) is 0.647. The van der Waals surface area contributed by atoms with E-state index in [4.69, 9.17) is 0 Å². The third-order valence-corrected chi connectivity index (χ3v) is 4.53. The lowest BCUT2D eigenvalue weighted by Crippen LogP contribution is -2.31. The van der Waals surface area contributed by atoms with E-state index in [1.54, 1.807) is 12.1 Å². The third-order valence-electron chi connectivity index (χ3n) is 4.53. The SMILES string of the molecule is CCCCCC1CCC(O)(c2ccc(F)cc2)CC1. The summed E-state index contributed by atoms with van der Waals surface area (Å²) < 4.78 is 12.9.